The lowest BCUT2D eigenvalue weighted by molar-refractivity contribution is -0.176. The van der Waals surface area contributed by atoms with Crippen LogP contribution in [0.25, 0.3) is 0 Å². The predicted octanol–water partition coefficient (Wildman–Crippen LogP) is 3.24. The molecule has 31 heavy (non-hydrogen) atoms. The van der Waals surface area contributed by atoms with Crippen LogP contribution in [0, 0.1) is 0 Å². The molecule has 168 valence electrons. The Bertz CT molecular complexity index is 951. The summed E-state index contributed by atoms with van der Waals surface area (Å²) in [5.41, 5.74) is 7.04. The molecule has 0 spiro atoms. The van der Waals surface area contributed by atoms with E-state index in [0.29, 0.717) is 41.1 Å². The van der Waals surface area contributed by atoms with Gasteiger partial charge in [-0.05, 0) is 24.1 Å². The van der Waals surface area contributed by atoms with E-state index in [2.05, 4.69) is 0 Å². The van der Waals surface area contributed by atoms with Gasteiger partial charge < -0.3 is 24.7 Å². The van der Waals surface area contributed by atoms with Gasteiger partial charge in [-0.3, -0.25) is 4.79 Å². The zero-order valence-electron chi connectivity index (χ0n) is 17.0. The van der Waals surface area contributed by atoms with Crippen molar-refractivity contribution in [2.24, 2.45) is 5.73 Å². The van der Waals surface area contributed by atoms with Gasteiger partial charge >= 0.3 is 12.1 Å². The first-order valence-corrected chi connectivity index (χ1v) is 9.49. The lowest BCUT2D eigenvalue weighted by atomic mass is 9.77. The Kier molecular flexibility index (Phi) is 6.59. The number of methoxy groups -OCH3 is 2. The predicted molar refractivity (Wildman–Crippen MR) is 102 cm³/mol. The fraction of sp³-hybridized carbons (Fsp3) is 0.429. The summed E-state index contributed by atoms with van der Waals surface area (Å²) in [5.74, 6) is -1.31. The molecular formula is C21H22F3NO6. The van der Waals surface area contributed by atoms with Crippen molar-refractivity contribution in [1.82, 2.24) is 0 Å². The SMILES string of the molecule is COC(=O)C1=C(N)OC2=C(C(=O)CCC2)C1c1ccc(OC)c(COCC(F)(F)F)c1. The van der Waals surface area contributed by atoms with Crippen molar-refractivity contribution < 1.29 is 41.7 Å². The number of ketones is 1. The number of carbonyl (C=O) groups excluding carboxylic acids is 2. The average molecular weight is 441 g/mol. The summed E-state index contributed by atoms with van der Waals surface area (Å²) in [6.07, 6.45) is -3.13. The van der Waals surface area contributed by atoms with Gasteiger partial charge in [-0.1, -0.05) is 6.07 Å². The van der Waals surface area contributed by atoms with Crippen LogP contribution in [0.15, 0.2) is 41.0 Å². The van der Waals surface area contributed by atoms with Crippen molar-refractivity contribution in [3.05, 3.63) is 52.1 Å². The van der Waals surface area contributed by atoms with Crippen molar-refractivity contribution in [1.29, 1.82) is 0 Å². The Labute approximate surface area is 176 Å². The second-order valence-electron chi connectivity index (χ2n) is 7.10. The molecule has 1 atom stereocenters. The number of alkyl halides is 3. The van der Waals surface area contributed by atoms with Crippen LogP contribution in [0.5, 0.6) is 5.75 Å². The molecule has 0 amide bonds. The van der Waals surface area contributed by atoms with E-state index in [1.165, 1.54) is 26.4 Å². The summed E-state index contributed by atoms with van der Waals surface area (Å²) < 4.78 is 57.8. The third-order valence-electron chi connectivity index (χ3n) is 5.05. The van der Waals surface area contributed by atoms with Crippen molar-refractivity contribution in [2.75, 3.05) is 20.8 Å². The van der Waals surface area contributed by atoms with Crippen molar-refractivity contribution in [3.8, 4) is 5.75 Å². The molecule has 0 saturated carbocycles. The van der Waals surface area contributed by atoms with E-state index < -0.39 is 24.7 Å². The summed E-state index contributed by atoms with van der Waals surface area (Å²) in [7, 11) is 2.55. The monoisotopic (exact) mass is 441 g/mol. The molecule has 1 aliphatic carbocycles. The number of nitrogens with two attached hydrogens (primary N) is 1. The number of carbonyl (C=O) groups is 2. The molecule has 1 heterocycles. The van der Waals surface area contributed by atoms with Crippen LogP contribution in [0.4, 0.5) is 13.2 Å². The molecule has 0 aromatic heterocycles. The normalized spacial score (nSPS) is 19.1. The van der Waals surface area contributed by atoms with Gasteiger partial charge in [-0.2, -0.15) is 13.2 Å². The van der Waals surface area contributed by atoms with Crippen LogP contribution in [0.1, 0.15) is 36.3 Å². The molecule has 2 aliphatic rings. The van der Waals surface area contributed by atoms with Crippen molar-refractivity contribution in [3.63, 3.8) is 0 Å². The molecule has 1 aromatic carbocycles. The van der Waals surface area contributed by atoms with Crippen LogP contribution in [0.2, 0.25) is 0 Å². The zero-order chi connectivity index (χ0) is 22.8. The fourth-order valence-electron chi connectivity index (χ4n) is 3.77. The molecule has 2 N–H and O–H groups in total. The Morgan fingerprint density at radius 3 is 2.65 bits per heavy atom. The highest BCUT2D eigenvalue weighted by atomic mass is 19.4. The molecule has 10 heteroatoms. The summed E-state index contributed by atoms with van der Waals surface area (Å²) in [6.45, 7) is -1.81. The Balaban J connectivity index is 2.06. The highest BCUT2D eigenvalue weighted by molar-refractivity contribution is 6.03. The molecule has 0 bridgehead atoms. The number of esters is 1. The van der Waals surface area contributed by atoms with Gasteiger partial charge in [0.25, 0.3) is 0 Å². The van der Waals surface area contributed by atoms with Gasteiger partial charge in [0, 0.05) is 24.0 Å². The molecule has 1 aliphatic heterocycles. The molecule has 1 unspecified atom stereocenters. The van der Waals surface area contributed by atoms with Crippen molar-refractivity contribution in [2.45, 2.75) is 38.0 Å². The van der Waals surface area contributed by atoms with Crippen LogP contribution in [-0.2, 0) is 30.4 Å². The van der Waals surface area contributed by atoms with E-state index in [1.54, 1.807) is 6.07 Å². The second-order valence-corrected chi connectivity index (χ2v) is 7.10. The standard InChI is InChI=1S/C21H22F3NO6/c1-28-14-7-6-11(8-12(14)9-30-10-21(22,23)24)16-17-13(26)4-3-5-15(17)31-19(25)18(16)20(27)29-2/h6-8,16H,3-5,9-10,25H2,1-2H3. The Morgan fingerprint density at radius 2 is 2.00 bits per heavy atom. The van der Waals surface area contributed by atoms with Gasteiger partial charge in [0.05, 0.1) is 26.7 Å². The highest BCUT2D eigenvalue weighted by Gasteiger charge is 2.41. The topological polar surface area (TPSA) is 97.1 Å². The molecule has 7 nitrogen and oxygen atoms in total. The average Bonchev–Trinajstić information content (AvgIpc) is 2.71. The van der Waals surface area contributed by atoms with Gasteiger partial charge in [-0.15, -0.1) is 0 Å². The van der Waals surface area contributed by atoms with E-state index in [9.17, 15) is 22.8 Å². The van der Waals surface area contributed by atoms with E-state index in [1.807, 2.05) is 0 Å². The largest absolute Gasteiger partial charge is 0.496 e. The van der Waals surface area contributed by atoms with E-state index in [-0.39, 0.29) is 30.3 Å². The first kappa shape index (κ1) is 22.7. The van der Waals surface area contributed by atoms with Crippen LogP contribution in [0.3, 0.4) is 0 Å². The molecule has 3 rings (SSSR count). The molecule has 1 aromatic rings. The number of hydrogen-bond donors (Lipinski definition) is 1. The molecular weight excluding hydrogens is 419 g/mol. The zero-order valence-corrected chi connectivity index (χ0v) is 17.0. The Morgan fingerprint density at radius 1 is 1.26 bits per heavy atom. The Hall–Kier alpha value is -3.01. The summed E-state index contributed by atoms with van der Waals surface area (Å²) in [5, 5.41) is 0. The van der Waals surface area contributed by atoms with Crippen LogP contribution < -0.4 is 10.5 Å². The number of hydrogen-bond acceptors (Lipinski definition) is 7. The second kappa shape index (κ2) is 9.01. The summed E-state index contributed by atoms with van der Waals surface area (Å²) in [6, 6.07) is 4.69. The summed E-state index contributed by atoms with van der Waals surface area (Å²) in [4.78, 5) is 25.2. The third kappa shape index (κ3) is 4.84. The van der Waals surface area contributed by atoms with Gasteiger partial charge in [0.2, 0.25) is 5.88 Å². The van der Waals surface area contributed by atoms with E-state index >= 15 is 0 Å². The first-order chi connectivity index (χ1) is 14.7. The highest BCUT2D eigenvalue weighted by Crippen LogP contribution is 2.44. The quantitative estimate of drug-likeness (QED) is 0.677. The first-order valence-electron chi connectivity index (χ1n) is 9.49. The van der Waals surface area contributed by atoms with Gasteiger partial charge in [-0.25, -0.2) is 4.79 Å². The van der Waals surface area contributed by atoms with E-state index in [4.69, 9.17) is 24.7 Å². The summed E-state index contributed by atoms with van der Waals surface area (Å²) >= 11 is 0. The minimum Gasteiger partial charge on any atom is -0.496 e. The number of benzene rings is 1. The number of rotatable bonds is 6. The third-order valence-corrected chi connectivity index (χ3v) is 5.05. The number of allylic oxidation sites excluding steroid dienone is 2. The van der Waals surface area contributed by atoms with Crippen LogP contribution in [-0.4, -0.2) is 38.8 Å². The number of halogens is 3. The minimum atomic E-state index is -4.48. The van der Waals surface area contributed by atoms with Gasteiger partial charge in [0.1, 0.15) is 23.7 Å². The van der Waals surface area contributed by atoms with Crippen LogP contribution >= 0.6 is 0 Å². The van der Waals surface area contributed by atoms with Crippen molar-refractivity contribution >= 4 is 11.8 Å². The minimum absolute atomic E-state index is 0.0381. The maximum absolute atomic E-state index is 12.7. The molecule has 0 radical (unpaired) electrons. The number of Topliss-reactive ketones (excluding diaryl/α,β-unsaturated/α-hetero) is 1. The molecule has 0 fully saturated rings. The lowest BCUT2D eigenvalue weighted by Gasteiger charge is -2.32. The number of ether oxygens (including phenoxy) is 4. The maximum Gasteiger partial charge on any atom is 0.411 e. The fourth-order valence-corrected chi connectivity index (χ4v) is 3.77. The van der Waals surface area contributed by atoms with E-state index in [0.717, 1.165) is 0 Å². The maximum atomic E-state index is 12.7. The lowest BCUT2D eigenvalue weighted by Crippen LogP contribution is -2.31. The smallest absolute Gasteiger partial charge is 0.411 e. The molecule has 0 saturated heterocycles. The van der Waals surface area contributed by atoms with Gasteiger partial charge in [0.15, 0.2) is 5.78 Å².